The number of imidazole rings is 1. The van der Waals surface area contributed by atoms with Gasteiger partial charge >= 0.3 is 0 Å². The number of benzene rings is 1. The van der Waals surface area contributed by atoms with Gasteiger partial charge in [-0.25, -0.2) is 4.98 Å². The van der Waals surface area contributed by atoms with E-state index in [0.29, 0.717) is 22.3 Å². The molecule has 7 nitrogen and oxygen atoms in total. The highest BCUT2D eigenvalue weighted by molar-refractivity contribution is 8.00. The monoisotopic (exact) mass is 346 g/mol. The lowest BCUT2D eigenvalue weighted by molar-refractivity contribution is -0.384. The maximum Gasteiger partial charge on any atom is 0.271 e. The summed E-state index contributed by atoms with van der Waals surface area (Å²) in [5.41, 5.74) is 0.998. The van der Waals surface area contributed by atoms with E-state index in [9.17, 15) is 14.9 Å². The van der Waals surface area contributed by atoms with Crippen LogP contribution in [0.15, 0.2) is 30.5 Å². The Hall–Kier alpha value is -2.35. The van der Waals surface area contributed by atoms with Crippen molar-refractivity contribution in [2.24, 2.45) is 0 Å². The molecule has 24 heavy (non-hydrogen) atoms. The van der Waals surface area contributed by atoms with Crippen molar-refractivity contribution in [2.75, 3.05) is 18.8 Å². The van der Waals surface area contributed by atoms with Crippen LogP contribution in [0.1, 0.15) is 23.8 Å². The number of nitro groups is 1. The van der Waals surface area contributed by atoms with Gasteiger partial charge < -0.3 is 9.88 Å². The first kappa shape index (κ1) is 16.5. The van der Waals surface area contributed by atoms with Gasteiger partial charge in [-0.2, -0.15) is 11.8 Å². The summed E-state index contributed by atoms with van der Waals surface area (Å²) in [6.45, 7) is 3.60. The summed E-state index contributed by atoms with van der Waals surface area (Å²) < 4.78 is 0. The molecule has 1 aliphatic rings. The minimum Gasteiger partial charge on any atom is -0.335 e. The van der Waals surface area contributed by atoms with Crippen molar-refractivity contribution in [3.05, 3.63) is 46.3 Å². The van der Waals surface area contributed by atoms with Gasteiger partial charge in [-0.15, -0.1) is 0 Å². The lowest BCUT2D eigenvalue weighted by Crippen LogP contribution is -2.41. The Bertz CT molecular complexity index is 761. The van der Waals surface area contributed by atoms with Gasteiger partial charge in [-0.3, -0.25) is 14.9 Å². The Morgan fingerprint density at radius 2 is 2.38 bits per heavy atom. The maximum atomic E-state index is 12.6. The van der Waals surface area contributed by atoms with E-state index in [1.165, 1.54) is 18.3 Å². The van der Waals surface area contributed by atoms with Crippen molar-refractivity contribution in [3.63, 3.8) is 0 Å². The molecule has 1 fully saturated rings. The second-order valence-electron chi connectivity index (χ2n) is 5.61. The number of H-pyrrole nitrogens is 1. The van der Waals surface area contributed by atoms with E-state index >= 15 is 0 Å². The van der Waals surface area contributed by atoms with Crippen LogP contribution in [0, 0.1) is 10.1 Å². The van der Waals surface area contributed by atoms with Gasteiger partial charge in [0.05, 0.1) is 11.1 Å². The second-order valence-corrected chi connectivity index (χ2v) is 7.01. The van der Waals surface area contributed by atoms with Gasteiger partial charge in [0.1, 0.15) is 11.5 Å². The third kappa shape index (κ3) is 3.43. The van der Waals surface area contributed by atoms with Crippen LogP contribution in [0.3, 0.4) is 0 Å². The third-order valence-corrected chi connectivity index (χ3v) is 5.39. The number of nitrogens with one attached hydrogen (secondary N) is 1. The van der Waals surface area contributed by atoms with E-state index in [1.807, 2.05) is 16.7 Å². The molecule has 0 radical (unpaired) electrons. The number of nitro benzene ring substituents is 1. The summed E-state index contributed by atoms with van der Waals surface area (Å²) in [5.74, 6) is 1.33. The topological polar surface area (TPSA) is 92.1 Å². The number of non-ortho nitro benzene ring substituents is 1. The van der Waals surface area contributed by atoms with Gasteiger partial charge in [0.25, 0.3) is 11.6 Å². The fourth-order valence-electron chi connectivity index (χ4n) is 2.66. The molecule has 1 atom stereocenters. The highest BCUT2D eigenvalue weighted by Crippen LogP contribution is 2.24. The molecule has 1 saturated heterocycles. The van der Waals surface area contributed by atoms with Gasteiger partial charge in [-0.05, 0) is 6.42 Å². The molecule has 2 heterocycles. The SMILES string of the molecule is CC[C@@H]1CN(C(=O)c2cnc(-c3cccc([N+](=O)[O-])c3)[nH]2)CCS1. The molecule has 8 heteroatoms. The number of carbonyl (C=O) groups excluding carboxylic acids is 1. The summed E-state index contributed by atoms with van der Waals surface area (Å²) >= 11 is 1.90. The van der Waals surface area contributed by atoms with Crippen molar-refractivity contribution in [2.45, 2.75) is 18.6 Å². The Labute approximate surface area is 143 Å². The summed E-state index contributed by atoms with van der Waals surface area (Å²) in [6, 6.07) is 6.20. The van der Waals surface area contributed by atoms with E-state index in [-0.39, 0.29) is 11.6 Å². The molecule has 0 aliphatic carbocycles. The number of aromatic amines is 1. The molecule has 0 bridgehead atoms. The van der Waals surface area contributed by atoms with E-state index in [2.05, 4.69) is 16.9 Å². The average molecular weight is 346 g/mol. The molecule has 1 aromatic heterocycles. The number of amides is 1. The van der Waals surface area contributed by atoms with E-state index in [0.717, 1.165) is 25.3 Å². The van der Waals surface area contributed by atoms with Crippen LogP contribution in [0.5, 0.6) is 0 Å². The zero-order valence-electron chi connectivity index (χ0n) is 13.3. The maximum absolute atomic E-state index is 12.6. The standard InChI is InChI=1S/C16H18N4O3S/c1-2-13-10-19(6-7-24-13)16(21)14-9-17-15(18-14)11-4-3-5-12(8-11)20(22)23/h3-5,8-9,13H,2,6-7,10H2,1H3,(H,17,18)/t13-/m1/s1. The van der Waals surface area contributed by atoms with Crippen LogP contribution >= 0.6 is 11.8 Å². The molecular formula is C16H18N4O3S. The number of thioether (sulfide) groups is 1. The second kappa shape index (κ2) is 7.04. The minimum absolute atomic E-state index is 0.00406. The number of carbonyl (C=O) groups is 1. The van der Waals surface area contributed by atoms with Gasteiger partial charge in [0, 0.05) is 41.8 Å². The predicted molar refractivity (Wildman–Crippen MR) is 93.1 cm³/mol. The lowest BCUT2D eigenvalue weighted by Gasteiger charge is -2.31. The normalized spacial score (nSPS) is 17.7. The summed E-state index contributed by atoms with van der Waals surface area (Å²) in [4.78, 5) is 32.1. The molecule has 0 unspecified atom stereocenters. The molecule has 0 saturated carbocycles. The first-order valence-corrected chi connectivity index (χ1v) is 8.84. The first-order chi connectivity index (χ1) is 11.6. The molecule has 126 valence electrons. The number of hydrogen-bond acceptors (Lipinski definition) is 5. The van der Waals surface area contributed by atoms with Crippen molar-refractivity contribution in [1.82, 2.24) is 14.9 Å². The smallest absolute Gasteiger partial charge is 0.271 e. The Morgan fingerprint density at radius 3 is 3.12 bits per heavy atom. The summed E-state index contributed by atoms with van der Waals surface area (Å²) in [6.07, 6.45) is 2.54. The molecule has 1 aliphatic heterocycles. The molecule has 1 N–H and O–H groups in total. The number of hydrogen-bond donors (Lipinski definition) is 1. The quantitative estimate of drug-likeness (QED) is 0.679. The van der Waals surface area contributed by atoms with Gasteiger partial charge in [0.2, 0.25) is 0 Å². The van der Waals surface area contributed by atoms with Crippen LogP contribution in [-0.4, -0.2) is 49.8 Å². The number of nitrogens with zero attached hydrogens (tertiary/aromatic N) is 3. The van der Waals surface area contributed by atoms with Crippen LogP contribution < -0.4 is 0 Å². The van der Waals surface area contributed by atoms with Crippen molar-refractivity contribution in [1.29, 1.82) is 0 Å². The zero-order valence-corrected chi connectivity index (χ0v) is 14.1. The van der Waals surface area contributed by atoms with E-state index < -0.39 is 4.92 Å². The Morgan fingerprint density at radius 1 is 1.54 bits per heavy atom. The van der Waals surface area contributed by atoms with Crippen molar-refractivity contribution < 1.29 is 9.72 Å². The van der Waals surface area contributed by atoms with Crippen LogP contribution in [-0.2, 0) is 0 Å². The fraction of sp³-hybridized carbons (Fsp3) is 0.375. The highest BCUT2D eigenvalue weighted by Gasteiger charge is 2.25. The average Bonchev–Trinajstić information content (AvgIpc) is 3.11. The molecule has 2 aromatic rings. The summed E-state index contributed by atoms with van der Waals surface area (Å²) in [5, 5.41) is 11.3. The first-order valence-electron chi connectivity index (χ1n) is 7.79. The van der Waals surface area contributed by atoms with Crippen LogP contribution in [0.25, 0.3) is 11.4 Å². The molecular weight excluding hydrogens is 328 g/mol. The predicted octanol–water partition coefficient (Wildman–Crippen LogP) is 2.95. The highest BCUT2D eigenvalue weighted by atomic mass is 32.2. The largest absolute Gasteiger partial charge is 0.335 e. The number of aromatic nitrogens is 2. The van der Waals surface area contributed by atoms with Gasteiger partial charge in [-0.1, -0.05) is 19.1 Å². The van der Waals surface area contributed by atoms with E-state index in [1.54, 1.807) is 12.1 Å². The fourth-order valence-corrected chi connectivity index (χ4v) is 3.84. The molecule has 1 aromatic carbocycles. The van der Waals surface area contributed by atoms with E-state index in [4.69, 9.17) is 0 Å². The van der Waals surface area contributed by atoms with Crippen molar-refractivity contribution in [3.8, 4) is 11.4 Å². The number of rotatable bonds is 4. The summed E-state index contributed by atoms with van der Waals surface area (Å²) in [7, 11) is 0. The third-order valence-electron chi connectivity index (χ3n) is 4.02. The zero-order chi connectivity index (χ0) is 17.1. The van der Waals surface area contributed by atoms with Gasteiger partial charge in [0.15, 0.2) is 0 Å². The molecule has 1 amide bonds. The Kier molecular flexibility index (Phi) is 4.84. The van der Waals surface area contributed by atoms with Crippen LogP contribution in [0.2, 0.25) is 0 Å². The van der Waals surface area contributed by atoms with Crippen LogP contribution in [0.4, 0.5) is 5.69 Å². The Balaban J connectivity index is 1.79. The lowest BCUT2D eigenvalue weighted by atomic mass is 10.2. The molecule has 0 spiro atoms. The van der Waals surface area contributed by atoms with Crippen molar-refractivity contribution >= 4 is 23.4 Å². The molecule has 3 rings (SSSR count). The minimum atomic E-state index is -0.450.